The first-order valence-corrected chi connectivity index (χ1v) is 5.19. The lowest BCUT2D eigenvalue weighted by Crippen LogP contribution is -2.36. The van der Waals surface area contributed by atoms with Gasteiger partial charge >= 0.3 is 5.97 Å². The second-order valence-corrected chi connectivity index (χ2v) is 3.81. The molecule has 3 nitrogen and oxygen atoms in total. The first kappa shape index (κ1) is 10.5. The summed E-state index contributed by atoms with van der Waals surface area (Å²) in [6, 6.07) is 0.199. The molecule has 76 valence electrons. The van der Waals surface area contributed by atoms with Crippen molar-refractivity contribution in [2.24, 2.45) is 5.92 Å². The summed E-state index contributed by atoms with van der Waals surface area (Å²) in [6.07, 6.45) is 5.22. The summed E-state index contributed by atoms with van der Waals surface area (Å²) in [5.41, 5.74) is 0. The van der Waals surface area contributed by atoms with Crippen LogP contribution in [0.1, 0.15) is 39.0 Å². The summed E-state index contributed by atoms with van der Waals surface area (Å²) >= 11 is 0. The molecular formula is C10H19NO2. The van der Waals surface area contributed by atoms with E-state index < -0.39 is 5.97 Å². The molecule has 0 spiro atoms. The highest BCUT2D eigenvalue weighted by Crippen LogP contribution is 2.28. The predicted octanol–water partition coefficient (Wildman–Crippen LogP) is 1.63. The standard InChI is InChI=1S/C10H19NO2/c1-2-11-9(7-10(12)13)8-5-3-4-6-8/h8-9,11H,2-7H2,1H3,(H,12,13). The molecule has 1 saturated carbocycles. The minimum absolute atomic E-state index is 0.199. The minimum Gasteiger partial charge on any atom is -0.481 e. The van der Waals surface area contributed by atoms with Crippen LogP contribution in [-0.2, 0) is 4.79 Å². The summed E-state index contributed by atoms with van der Waals surface area (Å²) in [4.78, 5) is 10.6. The molecule has 1 atom stereocenters. The Kier molecular flexibility index (Phi) is 4.22. The van der Waals surface area contributed by atoms with Crippen LogP contribution in [0.15, 0.2) is 0 Å². The van der Waals surface area contributed by atoms with Gasteiger partial charge in [0.25, 0.3) is 0 Å². The van der Waals surface area contributed by atoms with Crippen LogP contribution in [0.2, 0.25) is 0 Å². The van der Waals surface area contributed by atoms with Gasteiger partial charge in [-0.1, -0.05) is 19.8 Å². The summed E-state index contributed by atoms with van der Waals surface area (Å²) in [5, 5.41) is 12.0. The number of hydrogen-bond acceptors (Lipinski definition) is 2. The molecule has 0 saturated heterocycles. The van der Waals surface area contributed by atoms with Gasteiger partial charge in [-0.3, -0.25) is 4.79 Å². The van der Waals surface area contributed by atoms with Gasteiger partial charge in [0, 0.05) is 6.04 Å². The molecule has 0 aliphatic heterocycles. The van der Waals surface area contributed by atoms with Crippen molar-refractivity contribution < 1.29 is 9.90 Å². The lowest BCUT2D eigenvalue weighted by molar-refractivity contribution is -0.137. The Hall–Kier alpha value is -0.570. The normalized spacial score (nSPS) is 20.4. The predicted molar refractivity (Wildman–Crippen MR) is 51.7 cm³/mol. The van der Waals surface area contributed by atoms with E-state index in [1.807, 2.05) is 6.92 Å². The Bertz CT molecular complexity index is 164. The first-order valence-electron chi connectivity index (χ1n) is 5.19. The number of nitrogens with one attached hydrogen (secondary N) is 1. The van der Waals surface area contributed by atoms with Crippen LogP contribution in [0.5, 0.6) is 0 Å². The molecule has 1 aliphatic carbocycles. The Morgan fingerprint density at radius 3 is 2.62 bits per heavy atom. The van der Waals surface area contributed by atoms with Gasteiger partial charge in [-0.2, -0.15) is 0 Å². The molecule has 2 N–H and O–H groups in total. The lowest BCUT2D eigenvalue weighted by Gasteiger charge is -2.22. The maximum Gasteiger partial charge on any atom is 0.304 e. The van der Waals surface area contributed by atoms with E-state index in [1.165, 1.54) is 25.7 Å². The van der Waals surface area contributed by atoms with E-state index in [-0.39, 0.29) is 12.5 Å². The van der Waals surface area contributed by atoms with Gasteiger partial charge in [-0.05, 0) is 25.3 Å². The molecule has 0 radical (unpaired) electrons. The Morgan fingerprint density at radius 2 is 2.15 bits per heavy atom. The van der Waals surface area contributed by atoms with E-state index in [4.69, 9.17) is 5.11 Å². The van der Waals surface area contributed by atoms with Gasteiger partial charge in [0.15, 0.2) is 0 Å². The second kappa shape index (κ2) is 5.22. The van der Waals surface area contributed by atoms with Crippen LogP contribution in [0, 0.1) is 5.92 Å². The molecule has 1 fully saturated rings. The largest absolute Gasteiger partial charge is 0.481 e. The molecule has 0 amide bonds. The van der Waals surface area contributed by atoms with Crippen LogP contribution < -0.4 is 5.32 Å². The van der Waals surface area contributed by atoms with Crippen molar-refractivity contribution in [3.05, 3.63) is 0 Å². The number of carbonyl (C=O) groups is 1. The van der Waals surface area contributed by atoms with Crippen molar-refractivity contribution in [1.29, 1.82) is 0 Å². The highest BCUT2D eigenvalue weighted by molar-refractivity contribution is 5.67. The molecule has 1 aliphatic rings. The van der Waals surface area contributed by atoms with Gasteiger partial charge in [-0.15, -0.1) is 0 Å². The smallest absolute Gasteiger partial charge is 0.304 e. The van der Waals surface area contributed by atoms with E-state index in [9.17, 15) is 4.79 Å². The third-order valence-corrected chi connectivity index (χ3v) is 2.83. The molecule has 0 bridgehead atoms. The van der Waals surface area contributed by atoms with Gasteiger partial charge in [-0.25, -0.2) is 0 Å². The van der Waals surface area contributed by atoms with E-state index in [0.717, 1.165) is 6.54 Å². The zero-order valence-corrected chi connectivity index (χ0v) is 8.25. The average molecular weight is 185 g/mol. The fourth-order valence-corrected chi connectivity index (χ4v) is 2.22. The van der Waals surface area contributed by atoms with Crippen molar-refractivity contribution in [3.63, 3.8) is 0 Å². The van der Waals surface area contributed by atoms with Crippen LogP contribution in [-0.4, -0.2) is 23.7 Å². The summed E-state index contributed by atoms with van der Waals surface area (Å²) in [7, 11) is 0. The molecule has 0 heterocycles. The Labute approximate surface area is 79.5 Å². The lowest BCUT2D eigenvalue weighted by atomic mass is 9.95. The van der Waals surface area contributed by atoms with Crippen molar-refractivity contribution >= 4 is 5.97 Å². The van der Waals surface area contributed by atoms with E-state index >= 15 is 0 Å². The quantitative estimate of drug-likeness (QED) is 0.684. The van der Waals surface area contributed by atoms with Gasteiger partial charge in [0.2, 0.25) is 0 Å². The molecule has 13 heavy (non-hydrogen) atoms. The third-order valence-electron chi connectivity index (χ3n) is 2.83. The van der Waals surface area contributed by atoms with Crippen LogP contribution >= 0.6 is 0 Å². The zero-order chi connectivity index (χ0) is 9.68. The van der Waals surface area contributed by atoms with E-state index in [2.05, 4.69) is 5.32 Å². The molecular weight excluding hydrogens is 166 g/mol. The summed E-state index contributed by atoms with van der Waals surface area (Å²) < 4.78 is 0. The number of aliphatic carboxylic acids is 1. The number of rotatable bonds is 5. The monoisotopic (exact) mass is 185 g/mol. The van der Waals surface area contributed by atoms with Crippen LogP contribution in [0.3, 0.4) is 0 Å². The summed E-state index contributed by atoms with van der Waals surface area (Å²) in [5.74, 6) is -0.0890. The van der Waals surface area contributed by atoms with Gasteiger partial charge < -0.3 is 10.4 Å². The maximum absolute atomic E-state index is 10.6. The van der Waals surface area contributed by atoms with Gasteiger partial charge in [0.1, 0.15) is 0 Å². The van der Waals surface area contributed by atoms with Gasteiger partial charge in [0.05, 0.1) is 6.42 Å². The highest BCUT2D eigenvalue weighted by atomic mass is 16.4. The third kappa shape index (κ3) is 3.35. The topological polar surface area (TPSA) is 49.3 Å². The SMILES string of the molecule is CCNC(CC(=O)O)C1CCCC1. The fraction of sp³-hybridized carbons (Fsp3) is 0.900. The number of carboxylic acid groups (broad SMARTS) is 1. The molecule has 0 aromatic carbocycles. The highest BCUT2D eigenvalue weighted by Gasteiger charge is 2.25. The van der Waals surface area contributed by atoms with Crippen LogP contribution in [0.4, 0.5) is 0 Å². The van der Waals surface area contributed by atoms with Crippen molar-refractivity contribution in [1.82, 2.24) is 5.32 Å². The Balaban J connectivity index is 2.39. The molecule has 0 aromatic heterocycles. The fourth-order valence-electron chi connectivity index (χ4n) is 2.22. The number of hydrogen-bond donors (Lipinski definition) is 2. The minimum atomic E-state index is -0.683. The zero-order valence-electron chi connectivity index (χ0n) is 8.25. The molecule has 3 heteroatoms. The number of carboxylic acids is 1. The molecule has 1 rings (SSSR count). The molecule has 0 aromatic rings. The van der Waals surface area contributed by atoms with Crippen molar-refractivity contribution in [2.45, 2.75) is 45.1 Å². The second-order valence-electron chi connectivity index (χ2n) is 3.81. The maximum atomic E-state index is 10.6. The summed E-state index contributed by atoms with van der Waals surface area (Å²) in [6.45, 7) is 2.90. The van der Waals surface area contributed by atoms with Crippen molar-refractivity contribution in [2.75, 3.05) is 6.54 Å². The van der Waals surface area contributed by atoms with Crippen LogP contribution in [0.25, 0.3) is 0 Å². The van der Waals surface area contributed by atoms with E-state index in [1.54, 1.807) is 0 Å². The van der Waals surface area contributed by atoms with E-state index in [0.29, 0.717) is 5.92 Å². The average Bonchev–Trinajstić information content (AvgIpc) is 2.54. The Morgan fingerprint density at radius 1 is 1.54 bits per heavy atom. The van der Waals surface area contributed by atoms with Crippen molar-refractivity contribution in [3.8, 4) is 0 Å². The molecule has 1 unspecified atom stereocenters. The first-order chi connectivity index (χ1) is 6.24.